The zero-order valence-corrected chi connectivity index (χ0v) is 31.9. The molecule has 0 spiro atoms. The Labute approximate surface area is 290 Å². The molecule has 1 aliphatic rings. The van der Waals surface area contributed by atoms with Gasteiger partial charge < -0.3 is 9.80 Å². The Morgan fingerprint density at radius 1 is 0.457 bits per heavy atom. The fourth-order valence-electron chi connectivity index (χ4n) is 7.09. The van der Waals surface area contributed by atoms with Gasteiger partial charge in [-0.15, -0.1) is 0 Å². The molecule has 0 unspecified atom stereocenters. The van der Waals surface area contributed by atoms with E-state index in [0.717, 1.165) is 12.8 Å². The molecular formula is C44H82N2. The highest BCUT2D eigenvalue weighted by Gasteiger charge is 2.41. The number of unbranched alkanes of at least 4 members (excludes halogenated alkanes) is 18. The van der Waals surface area contributed by atoms with Crippen LogP contribution in [0.5, 0.6) is 0 Å². The average molecular weight is 639 g/mol. The fraction of sp³-hybridized carbons (Fsp3) is 0.818. The molecule has 46 heavy (non-hydrogen) atoms. The van der Waals surface area contributed by atoms with Crippen molar-refractivity contribution in [2.24, 2.45) is 5.41 Å². The maximum atomic E-state index is 2.76. The third-order valence-electron chi connectivity index (χ3n) is 10.0. The van der Waals surface area contributed by atoms with Crippen LogP contribution in [-0.4, -0.2) is 50.1 Å². The Hall–Kier alpha value is -1.12. The quantitative estimate of drug-likeness (QED) is 0.0511. The Bertz CT molecular complexity index is 689. The molecule has 1 aliphatic heterocycles. The van der Waals surface area contributed by atoms with Crippen molar-refractivity contribution < 1.29 is 0 Å². The average Bonchev–Trinajstić information content (AvgIpc) is 3.03. The molecular weight excluding hydrogens is 556 g/mol. The lowest BCUT2D eigenvalue weighted by atomic mass is 9.71. The van der Waals surface area contributed by atoms with Gasteiger partial charge in [-0.25, -0.2) is 0 Å². The summed E-state index contributed by atoms with van der Waals surface area (Å²) in [5.41, 5.74) is 0.641. The number of hydrogen-bond acceptors (Lipinski definition) is 2. The molecule has 0 atom stereocenters. The van der Waals surface area contributed by atoms with Crippen LogP contribution in [0.25, 0.3) is 0 Å². The second-order valence-corrected chi connectivity index (χ2v) is 15.0. The van der Waals surface area contributed by atoms with Crippen LogP contribution < -0.4 is 0 Å². The van der Waals surface area contributed by atoms with Gasteiger partial charge in [0.2, 0.25) is 0 Å². The molecule has 0 aromatic heterocycles. The molecule has 0 aromatic rings. The van der Waals surface area contributed by atoms with E-state index >= 15 is 0 Å². The summed E-state index contributed by atoms with van der Waals surface area (Å²) < 4.78 is 0. The summed E-state index contributed by atoms with van der Waals surface area (Å²) in [5.74, 6) is 0. The molecule has 1 heterocycles. The lowest BCUT2D eigenvalue weighted by Crippen LogP contribution is -2.56. The second-order valence-electron chi connectivity index (χ2n) is 15.0. The van der Waals surface area contributed by atoms with E-state index < -0.39 is 0 Å². The van der Waals surface area contributed by atoms with Crippen molar-refractivity contribution in [3.63, 3.8) is 0 Å². The molecule has 1 fully saturated rings. The number of likely N-dealkylation sites (tertiary alicyclic amines) is 1. The van der Waals surface area contributed by atoms with Crippen LogP contribution in [0.1, 0.15) is 187 Å². The zero-order valence-electron chi connectivity index (χ0n) is 31.9. The highest BCUT2D eigenvalue weighted by Crippen LogP contribution is 2.41. The molecule has 1 rings (SSSR count). The number of rotatable bonds is 34. The summed E-state index contributed by atoms with van der Waals surface area (Å²) in [6.07, 6.45) is 55.8. The smallest absolute Gasteiger partial charge is 0.00505 e. The van der Waals surface area contributed by atoms with Crippen LogP contribution in [0.3, 0.4) is 0 Å². The molecule has 1 saturated heterocycles. The minimum Gasteiger partial charge on any atom is -0.309 e. The van der Waals surface area contributed by atoms with Crippen LogP contribution >= 0.6 is 0 Å². The van der Waals surface area contributed by atoms with Gasteiger partial charge in [-0.2, -0.15) is 0 Å². The van der Waals surface area contributed by atoms with Crippen molar-refractivity contribution in [2.45, 2.75) is 187 Å². The summed E-state index contributed by atoms with van der Waals surface area (Å²) in [6, 6.07) is 0. The maximum absolute atomic E-state index is 2.76. The first-order valence-electron chi connectivity index (χ1n) is 20.6. The van der Waals surface area contributed by atoms with Gasteiger partial charge in [0, 0.05) is 13.1 Å². The molecule has 0 saturated carbocycles. The van der Waals surface area contributed by atoms with Crippen LogP contribution in [0.2, 0.25) is 0 Å². The predicted molar refractivity (Wildman–Crippen MR) is 210 cm³/mol. The van der Waals surface area contributed by atoms with E-state index in [0.29, 0.717) is 5.41 Å². The van der Waals surface area contributed by atoms with E-state index in [1.807, 2.05) is 0 Å². The van der Waals surface area contributed by atoms with Gasteiger partial charge in [0.1, 0.15) is 0 Å². The minimum absolute atomic E-state index is 0.641. The monoisotopic (exact) mass is 639 g/mol. The Morgan fingerprint density at radius 3 is 1.22 bits per heavy atom. The molecule has 2 heteroatoms. The van der Waals surface area contributed by atoms with Crippen LogP contribution in [0.4, 0.5) is 0 Å². The molecule has 0 aromatic carbocycles. The van der Waals surface area contributed by atoms with Crippen molar-refractivity contribution in [3.05, 3.63) is 48.6 Å². The first-order chi connectivity index (χ1) is 22.6. The SMILES string of the molecule is CCCCC/C=C\C/C=C\CCCCCCCCC1(CCCCCCCC/C=C\C/C=C\CCCCC)CN(CCCN(C)C)C1. The molecule has 268 valence electrons. The minimum atomic E-state index is 0.641. The number of nitrogens with zero attached hydrogens (tertiary/aromatic N) is 2. The van der Waals surface area contributed by atoms with Crippen molar-refractivity contribution in [1.29, 1.82) is 0 Å². The van der Waals surface area contributed by atoms with Gasteiger partial charge in [-0.05, 0) is 116 Å². The highest BCUT2D eigenvalue weighted by atomic mass is 15.2. The summed E-state index contributed by atoms with van der Waals surface area (Å²) in [4.78, 5) is 5.09. The van der Waals surface area contributed by atoms with Crippen LogP contribution in [0.15, 0.2) is 48.6 Å². The van der Waals surface area contributed by atoms with Gasteiger partial charge in [-0.1, -0.05) is 152 Å². The lowest BCUT2D eigenvalue weighted by Gasteiger charge is -2.51. The Kier molecular flexibility index (Phi) is 30.2. The Balaban J connectivity index is 2.12. The number of hydrogen-bond donors (Lipinski definition) is 0. The highest BCUT2D eigenvalue weighted by molar-refractivity contribution is 4.95. The number of allylic oxidation sites excluding steroid dienone is 8. The Morgan fingerprint density at radius 2 is 0.826 bits per heavy atom. The first-order valence-corrected chi connectivity index (χ1v) is 20.6. The van der Waals surface area contributed by atoms with Gasteiger partial charge in [-0.3, -0.25) is 0 Å². The molecule has 0 aliphatic carbocycles. The van der Waals surface area contributed by atoms with Gasteiger partial charge in [0.25, 0.3) is 0 Å². The second kappa shape index (κ2) is 32.4. The summed E-state index contributed by atoms with van der Waals surface area (Å²) in [6.45, 7) is 9.83. The summed E-state index contributed by atoms with van der Waals surface area (Å²) in [7, 11) is 4.41. The van der Waals surface area contributed by atoms with E-state index in [1.54, 1.807) is 0 Å². The van der Waals surface area contributed by atoms with E-state index in [4.69, 9.17) is 0 Å². The standard InChI is InChI=1S/C44H82N2/c1-5-7-9-11-13-15-17-19-21-23-25-27-29-31-33-35-38-44(42-46(43-44)41-37-40-45(3)4)39-36-34-32-30-28-26-24-22-20-18-16-14-12-10-8-6-2/h13-16,19-22H,5-12,17-18,23-43H2,1-4H3/b15-13-,16-14-,21-19-,22-20-. The third-order valence-corrected chi connectivity index (χ3v) is 10.0. The van der Waals surface area contributed by atoms with Crippen molar-refractivity contribution in [3.8, 4) is 0 Å². The van der Waals surface area contributed by atoms with E-state index in [9.17, 15) is 0 Å². The normalized spacial score (nSPS) is 15.5. The van der Waals surface area contributed by atoms with E-state index in [1.165, 1.54) is 187 Å². The maximum Gasteiger partial charge on any atom is 0.00505 e. The summed E-state index contributed by atoms with van der Waals surface area (Å²) in [5, 5.41) is 0. The fourth-order valence-corrected chi connectivity index (χ4v) is 7.09. The first kappa shape index (κ1) is 42.9. The summed E-state index contributed by atoms with van der Waals surface area (Å²) >= 11 is 0. The van der Waals surface area contributed by atoms with E-state index in [-0.39, 0.29) is 0 Å². The predicted octanol–water partition coefficient (Wildman–Crippen LogP) is 13.6. The van der Waals surface area contributed by atoms with E-state index in [2.05, 4.69) is 86.4 Å². The topological polar surface area (TPSA) is 6.48 Å². The van der Waals surface area contributed by atoms with Crippen LogP contribution in [-0.2, 0) is 0 Å². The third kappa shape index (κ3) is 26.9. The molecule has 0 N–H and O–H groups in total. The molecule has 0 bridgehead atoms. The van der Waals surface area contributed by atoms with Gasteiger partial charge in [0.15, 0.2) is 0 Å². The molecule has 0 amide bonds. The van der Waals surface area contributed by atoms with Crippen molar-refractivity contribution >= 4 is 0 Å². The zero-order chi connectivity index (χ0) is 33.2. The largest absolute Gasteiger partial charge is 0.309 e. The van der Waals surface area contributed by atoms with Crippen molar-refractivity contribution in [2.75, 3.05) is 40.3 Å². The van der Waals surface area contributed by atoms with Crippen molar-refractivity contribution in [1.82, 2.24) is 9.80 Å². The van der Waals surface area contributed by atoms with Crippen LogP contribution in [0, 0.1) is 5.41 Å². The van der Waals surface area contributed by atoms with Gasteiger partial charge in [0.05, 0.1) is 0 Å². The molecule has 2 nitrogen and oxygen atoms in total. The molecule has 0 radical (unpaired) electrons. The van der Waals surface area contributed by atoms with Gasteiger partial charge >= 0.3 is 0 Å². The lowest BCUT2D eigenvalue weighted by molar-refractivity contribution is -0.0183.